The molecular formula is C14H33NaO5S. The molecule has 2 atom stereocenters. The minimum atomic E-state index is -4.67. The topological polar surface area (TPSA) is 94.8 Å². The first-order chi connectivity index (χ1) is 9.10. The molecular weight excluding hydrogens is 303 g/mol. The monoisotopic (exact) mass is 336 g/mol. The summed E-state index contributed by atoms with van der Waals surface area (Å²) in [5.41, 5.74) is 0. The molecule has 0 rings (SSSR count). The van der Waals surface area contributed by atoms with Gasteiger partial charge in [0.25, 0.3) is 0 Å². The maximum absolute atomic E-state index is 9.79. The van der Waals surface area contributed by atoms with E-state index in [4.69, 9.17) is 17.5 Å². The molecule has 0 aliphatic rings. The molecule has 0 bridgehead atoms. The SMILES string of the molecule is CCCCC(CC)CCC(O)CC(C)C.O=S(=O)(O)O.[NaH]. The predicted octanol–water partition coefficient (Wildman–Crippen LogP) is 3.09. The molecule has 0 aromatic heterocycles. The molecule has 0 amide bonds. The third kappa shape index (κ3) is 29.5. The summed E-state index contributed by atoms with van der Waals surface area (Å²) < 4.78 is 31.6. The molecule has 0 radical (unpaired) electrons. The van der Waals surface area contributed by atoms with E-state index in [0.29, 0.717) is 5.92 Å². The van der Waals surface area contributed by atoms with Crippen LogP contribution in [0.2, 0.25) is 0 Å². The van der Waals surface area contributed by atoms with Gasteiger partial charge in [-0.3, -0.25) is 9.11 Å². The summed E-state index contributed by atoms with van der Waals surface area (Å²) in [4.78, 5) is 0. The number of aliphatic hydroxyl groups is 1. The van der Waals surface area contributed by atoms with Crippen LogP contribution in [-0.4, -0.2) is 58.3 Å². The number of hydrogen-bond acceptors (Lipinski definition) is 3. The van der Waals surface area contributed by atoms with Crippen molar-refractivity contribution < 1.29 is 22.6 Å². The number of rotatable bonds is 9. The molecule has 126 valence electrons. The quantitative estimate of drug-likeness (QED) is 0.444. The van der Waals surface area contributed by atoms with Gasteiger partial charge in [0.1, 0.15) is 0 Å². The van der Waals surface area contributed by atoms with Gasteiger partial charge in [-0.05, 0) is 31.1 Å². The second-order valence-corrected chi connectivity index (χ2v) is 6.62. The van der Waals surface area contributed by atoms with Crippen molar-refractivity contribution in [2.45, 2.75) is 78.7 Å². The Balaban J connectivity index is -0.000000465. The van der Waals surface area contributed by atoms with Crippen LogP contribution in [0, 0.1) is 11.8 Å². The Morgan fingerprint density at radius 1 is 1.00 bits per heavy atom. The van der Waals surface area contributed by atoms with E-state index < -0.39 is 10.4 Å². The number of unbranched alkanes of at least 4 members (excludes halogenated alkanes) is 1. The van der Waals surface area contributed by atoms with E-state index in [0.717, 1.165) is 18.8 Å². The van der Waals surface area contributed by atoms with E-state index in [2.05, 4.69) is 27.7 Å². The van der Waals surface area contributed by atoms with E-state index in [1.54, 1.807) is 0 Å². The van der Waals surface area contributed by atoms with Crippen LogP contribution >= 0.6 is 0 Å². The Hall–Kier alpha value is 0.830. The second kappa shape index (κ2) is 15.7. The van der Waals surface area contributed by atoms with Crippen molar-refractivity contribution in [3.63, 3.8) is 0 Å². The average Bonchev–Trinajstić information content (AvgIpc) is 2.26. The molecule has 0 heterocycles. The molecule has 0 saturated heterocycles. The van der Waals surface area contributed by atoms with Gasteiger partial charge in [-0.25, -0.2) is 0 Å². The van der Waals surface area contributed by atoms with Crippen molar-refractivity contribution in [2.75, 3.05) is 0 Å². The van der Waals surface area contributed by atoms with Gasteiger partial charge < -0.3 is 5.11 Å². The zero-order valence-corrected chi connectivity index (χ0v) is 14.1. The van der Waals surface area contributed by atoms with Gasteiger partial charge in [0, 0.05) is 0 Å². The van der Waals surface area contributed by atoms with Crippen LogP contribution in [0.4, 0.5) is 0 Å². The molecule has 5 nitrogen and oxygen atoms in total. The van der Waals surface area contributed by atoms with Gasteiger partial charge in [0.2, 0.25) is 0 Å². The van der Waals surface area contributed by atoms with Gasteiger partial charge in [-0.2, -0.15) is 8.42 Å². The number of aliphatic hydroxyl groups excluding tert-OH is 1. The van der Waals surface area contributed by atoms with Gasteiger partial charge in [0.05, 0.1) is 6.10 Å². The standard InChI is InChI=1S/C14H30O.Na.H2O4S.H/c1-5-7-8-13(6-2)9-10-14(15)11-12(3)4;;1-5(2,3)4;/h12-15H,5-11H2,1-4H3;;(H2,1,2,3,4);. The van der Waals surface area contributed by atoms with E-state index >= 15 is 0 Å². The predicted molar refractivity (Wildman–Crippen MR) is 89.3 cm³/mol. The fourth-order valence-corrected chi connectivity index (χ4v) is 2.14. The molecule has 21 heavy (non-hydrogen) atoms. The van der Waals surface area contributed by atoms with E-state index in [1.165, 1.54) is 32.1 Å². The van der Waals surface area contributed by atoms with Gasteiger partial charge in [0.15, 0.2) is 0 Å². The molecule has 0 spiro atoms. The Morgan fingerprint density at radius 3 is 1.81 bits per heavy atom. The van der Waals surface area contributed by atoms with E-state index in [1.807, 2.05) is 0 Å². The Labute approximate surface area is 152 Å². The van der Waals surface area contributed by atoms with Crippen LogP contribution in [-0.2, 0) is 10.4 Å². The van der Waals surface area contributed by atoms with Crippen LogP contribution in [0.5, 0.6) is 0 Å². The Kier molecular flexibility index (Phi) is 20.0. The average molecular weight is 336 g/mol. The molecule has 0 aliphatic heterocycles. The maximum atomic E-state index is 9.79. The molecule has 3 N–H and O–H groups in total. The van der Waals surface area contributed by atoms with Gasteiger partial charge >= 0.3 is 40.0 Å². The first kappa shape index (κ1) is 26.7. The Morgan fingerprint density at radius 2 is 1.48 bits per heavy atom. The summed E-state index contributed by atoms with van der Waals surface area (Å²) in [6.45, 7) is 8.88. The summed E-state index contributed by atoms with van der Waals surface area (Å²) in [5, 5.41) is 9.79. The summed E-state index contributed by atoms with van der Waals surface area (Å²) in [7, 11) is -4.67. The van der Waals surface area contributed by atoms with Gasteiger partial charge in [-0.15, -0.1) is 0 Å². The Bertz CT molecular complexity index is 298. The fraction of sp³-hybridized carbons (Fsp3) is 1.00. The summed E-state index contributed by atoms with van der Waals surface area (Å²) in [6, 6.07) is 0. The van der Waals surface area contributed by atoms with Crippen LogP contribution in [0.3, 0.4) is 0 Å². The van der Waals surface area contributed by atoms with Crippen molar-refractivity contribution in [3.8, 4) is 0 Å². The third-order valence-electron chi connectivity index (χ3n) is 3.19. The van der Waals surface area contributed by atoms with Crippen LogP contribution in [0.1, 0.15) is 72.6 Å². The van der Waals surface area contributed by atoms with Crippen LogP contribution in [0.25, 0.3) is 0 Å². The van der Waals surface area contributed by atoms with Gasteiger partial charge in [-0.1, -0.05) is 53.4 Å². The number of hydrogen-bond donors (Lipinski definition) is 3. The summed E-state index contributed by atoms with van der Waals surface area (Å²) in [5.74, 6) is 1.46. The molecule has 0 aromatic carbocycles. The molecule has 2 unspecified atom stereocenters. The fourth-order valence-electron chi connectivity index (χ4n) is 2.14. The first-order valence-corrected chi connectivity index (χ1v) is 8.87. The normalized spacial score (nSPS) is 13.9. The van der Waals surface area contributed by atoms with Crippen LogP contribution in [0.15, 0.2) is 0 Å². The molecule has 0 saturated carbocycles. The second-order valence-electron chi connectivity index (χ2n) is 5.73. The molecule has 7 heteroatoms. The zero-order valence-electron chi connectivity index (χ0n) is 13.2. The summed E-state index contributed by atoms with van der Waals surface area (Å²) in [6.07, 6.45) is 8.37. The molecule has 0 aromatic rings. The minimum absolute atomic E-state index is 0. The molecule has 0 aliphatic carbocycles. The zero-order chi connectivity index (χ0) is 16.2. The van der Waals surface area contributed by atoms with Crippen molar-refractivity contribution in [2.24, 2.45) is 11.8 Å². The van der Waals surface area contributed by atoms with Crippen molar-refractivity contribution >= 4 is 40.0 Å². The third-order valence-corrected chi connectivity index (χ3v) is 3.19. The van der Waals surface area contributed by atoms with Crippen molar-refractivity contribution in [1.82, 2.24) is 0 Å². The summed E-state index contributed by atoms with van der Waals surface area (Å²) >= 11 is 0. The van der Waals surface area contributed by atoms with Crippen molar-refractivity contribution in [3.05, 3.63) is 0 Å². The van der Waals surface area contributed by atoms with Crippen LogP contribution < -0.4 is 0 Å². The molecule has 0 fully saturated rings. The van der Waals surface area contributed by atoms with E-state index in [-0.39, 0.29) is 35.7 Å². The van der Waals surface area contributed by atoms with Crippen molar-refractivity contribution in [1.29, 1.82) is 0 Å². The van der Waals surface area contributed by atoms with E-state index in [9.17, 15) is 5.11 Å². The first-order valence-electron chi connectivity index (χ1n) is 7.48.